The van der Waals surface area contributed by atoms with Crippen molar-refractivity contribution in [2.24, 2.45) is 0 Å². The summed E-state index contributed by atoms with van der Waals surface area (Å²) in [5.74, 6) is 0.0762. The Labute approximate surface area is 129 Å². The van der Waals surface area contributed by atoms with E-state index in [2.05, 4.69) is 15.4 Å². The largest absolute Gasteiger partial charge is 0.480 e. The van der Waals surface area contributed by atoms with Crippen LogP contribution in [0.1, 0.15) is 25.5 Å². The van der Waals surface area contributed by atoms with Crippen LogP contribution in [0.15, 0.2) is 18.5 Å². The molecule has 22 heavy (non-hydrogen) atoms. The normalized spacial score (nSPS) is 21.0. The van der Waals surface area contributed by atoms with Gasteiger partial charge < -0.3 is 10.4 Å². The summed E-state index contributed by atoms with van der Waals surface area (Å²) in [4.78, 5) is 17.3. The first-order valence-corrected chi connectivity index (χ1v) is 7.60. The third-order valence-electron chi connectivity index (χ3n) is 4.23. The van der Waals surface area contributed by atoms with E-state index in [9.17, 15) is 4.79 Å². The van der Waals surface area contributed by atoms with Crippen molar-refractivity contribution in [2.75, 3.05) is 18.4 Å². The van der Waals surface area contributed by atoms with Crippen LogP contribution < -0.4 is 5.32 Å². The van der Waals surface area contributed by atoms with E-state index in [0.29, 0.717) is 12.1 Å². The predicted octanol–water partition coefficient (Wildman–Crippen LogP) is 1.39. The molecule has 0 aliphatic heterocycles. The first kappa shape index (κ1) is 14.8. The van der Waals surface area contributed by atoms with Crippen LogP contribution in [0.3, 0.4) is 0 Å². The van der Waals surface area contributed by atoms with Gasteiger partial charge in [0.25, 0.3) is 0 Å². The van der Waals surface area contributed by atoms with E-state index in [1.54, 1.807) is 6.20 Å². The van der Waals surface area contributed by atoms with E-state index < -0.39 is 5.97 Å². The van der Waals surface area contributed by atoms with E-state index >= 15 is 0 Å². The number of carboxylic acid groups (broad SMARTS) is 1. The second-order valence-electron chi connectivity index (χ2n) is 5.81. The van der Waals surface area contributed by atoms with Crippen molar-refractivity contribution < 1.29 is 9.90 Å². The van der Waals surface area contributed by atoms with Crippen molar-refractivity contribution in [3.8, 4) is 0 Å². The number of aliphatic carboxylic acids is 1. The molecule has 7 nitrogen and oxygen atoms in total. The molecule has 118 valence electrons. The maximum Gasteiger partial charge on any atom is 0.317 e. The summed E-state index contributed by atoms with van der Waals surface area (Å²) in [5.41, 5.74) is 1.93. The first-order valence-electron chi connectivity index (χ1n) is 7.60. The fraction of sp³-hybridized carbons (Fsp3) is 0.533. The van der Waals surface area contributed by atoms with Crippen LogP contribution in [-0.4, -0.2) is 55.7 Å². The van der Waals surface area contributed by atoms with Gasteiger partial charge in [0.1, 0.15) is 5.52 Å². The molecule has 0 aromatic carbocycles. The second kappa shape index (κ2) is 5.92. The summed E-state index contributed by atoms with van der Waals surface area (Å²) in [6.07, 6.45) is 5.46. The zero-order valence-electron chi connectivity index (χ0n) is 12.9. The van der Waals surface area contributed by atoms with Gasteiger partial charge in [-0.15, -0.1) is 0 Å². The molecule has 1 fully saturated rings. The van der Waals surface area contributed by atoms with Crippen LogP contribution >= 0.6 is 0 Å². The van der Waals surface area contributed by atoms with Gasteiger partial charge >= 0.3 is 5.97 Å². The van der Waals surface area contributed by atoms with E-state index in [1.807, 2.05) is 35.5 Å². The van der Waals surface area contributed by atoms with Gasteiger partial charge in [0.15, 0.2) is 5.82 Å². The lowest BCUT2D eigenvalue weighted by molar-refractivity contribution is -0.139. The van der Waals surface area contributed by atoms with Crippen molar-refractivity contribution in [3.63, 3.8) is 0 Å². The van der Waals surface area contributed by atoms with E-state index in [-0.39, 0.29) is 6.54 Å². The molecular formula is C15H21N5O2. The molecular weight excluding hydrogens is 282 g/mol. The highest BCUT2D eigenvalue weighted by Gasteiger charge is 2.34. The smallest absolute Gasteiger partial charge is 0.317 e. The maximum atomic E-state index is 10.9. The van der Waals surface area contributed by atoms with Gasteiger partial charge in [-0.2, -0.15) is 5.10 Å². The van der Waals surface area contributed by atoms with Crippen molar-refractivity contribution in [2.45, 2.75) is 38.8 Å². The molecule has 2 aromatic heterocycles. The SMILES string of the molecule is CCN(CC(=O)O)C1CC(Nc2nccn3nc(C)cc23)C1. The summed E-state index contributed by atoms with van der Waals surface area (Å²) in [6.45, 7) is 4.84. The lowest BCUT2D eigenvalue weighted by atomic mass is 9.85. The average Bonchev–Trinajstić information content (AvgIpc) is 2.81. The van der Waals surface area contributed by atoms with Crippen LogP contribution in [0.2, 0.25) is 0 Å². The fourth-order valence-corrected chi connectivity index (χ4v) is 3.03. The third kappa shape index (κ3) is 2.89. The van der Waals surface area contributed by atoms with Crippen molar-refractivity contribution in [1.29, 1.82) is 0 Å². The lowest BCUT2D eigenvalue weighted by Crippen LogP contribution is -2.51. The molecule has 0 amide bonds. The Kier molecular flexibility index (Phi) is 3.98. The van der Waals surface area contributed by atoms with E-state index in [1.165, 1.54) is 0 Å². The Morgan fingerprint density at radius 2 is 2.32 bits per heavy atom. The molecule has 0 bridgehead atoms. The minimum atomic E-state index is -0.764. The number of aromatic nitrogens is 3. The van der Waals surface area contributed by atoms with Crippen molar-refractivity contribution in [1.82, 2.24) is 19.5 Å². The van der Waals surface area contributed by atoms with E-state index in [4.69, 9.17) is 5.11 Å². The number of carbonyl (C=O) groups is 1. The highest BCUT2D eigenvalue weighted by atomic mass is 16.4. The Hall–Kier alpha value is -2.15. The summed E-state index contributed by atoms with van der Waals surface area (Å²) in [6, 6.07) is 2.68. The number of rotatable bonds is 6. The fourth-order valence-electron chi connectivity index (χ4n) is 3.03. The molecule has 2 heterocycles. The predicted molar refractivity (Wildman–Crippen MR) is 83.0 cm³/mol. The summed E-state index contributed by atoms with van der Waals surface area (Å²) >= 11 is 0. The van der Waals surface area contributed by atoms with Gasteiger partial charge in [-0.05, 0) is 32.4 Å². The van der Waals surface area contributed by atoms with E-state index in [0.717, 1.165) is 36.4 Å². The molecule has 1 aliphatic rings. The standard InChI is InChI=1S/C15H21N5O2/c1-3-19(9-14(21)22)12-7-11(8-12)17-15-13-6-10(2)18-20(13)5-4-16-15/h4-6,11-12H,3,7-9H2,1-2H3,(H,16,17)(H,21,22). The van der Waals surface area contributed by atoms with Gasteiger partial charge in [-0.25, -0.2) is 9.50 Å². The molecule has 7 heteroatoms. The Morgan fingerprint density at radius 3 is 3.00 bits per heavy atom. The van der Waals surface area contributed by atoms with Crippen molar-refractivity contribution >= 4 is 17.3 Å². The van der Waals surface area contributed by atoms with Crippen molar-refractivity contribution in [3.05, 3.63) is 24.2 Å². The highest BCUT2D eigenvalue weighted by molar-refractivity contribution is 5.69. The lowest BCUT2D eigenvalue weighted by Gasteiger charge is -2.42. The summed E-state index contributed by atoms with van der Waals surface area (Å²) in [5, 5.41) is 16.8. The van der Waals surface area contributed by atoms with Crippen LogP contribution in [-0.2, 0) is 4.79 Å². The number of carboxylic acids is 1. The molecule has 2 N–H and O–H groups in total. The van der Waals surface area contributed by atoms with Gasteiger partial charge in [-0.3, -0.25) is 9.69 Å². The minimum absolute atomic E-state index is 0.115. The number of hydrogen-bond donors (Lipinski definition) is 2. The van der Waals surface area contributed by atoms with Gasteiger partial charge in [-0.1, -0.05) is 6.92 Å². The molecule has 0 spiro atoms. The Morgan fingerprint density at radius 1 is 1.55 bits per heavy atom. The topological polar surface area (TPSA) is 82.8 Å². The number of anilines is 1. The number of nitrogens with one attached hydrogen (secondary N) is 1. The Bertz CT molecular complexity index is 678. The molecule has 0 atom stereocenters. The highest BCUT2D eigenvalue weighted by Crippen LogP contribution is 2.29. The molecule has 2 aromatic rings. The number of fused-ring (bicyclic) bond motifs is 1. The molecule has 0 unspecified atom stereocenters. The first-order chi connectivity index (χ1) is 10.6. The quantitative estimate of drug-likeness (QED) is 0.839. The van der Waals surface area contributed by atoms with Crippen LogP contribution in [0, 0.1) is 6.92 Å². The van der Waals surface area contributed by atoms with Gasteiger partial charge in [0, 0.05) is 24.5 Å². The summed E-state index contributed by atoms with van der Waals surface area (Å²) in [7, 11) is 0. The van der Waals surface area contributed by atoms with Gasteiger partial charge in [0.05, 0.1) is 12.2 Å². The molecule has 1 saturated carbocycles. The van der Waals surface area contributed by atoms with Crippen LogP contribution in [0.5, 0.6) is 0 Å². The average molecular weight is 303 g/mol. The minimum Gasteiger partial charge on any atom is -0.480 e. The second-order valence-corrected chi connectivity index (χ2v) is 5.81. The zero-order valence-corrected chi connectivity index (χ0v) is 12.9. The van der Waals surface area contributed by atoms with Gasteiger partial charge in [0.2, 0.25) is 0 Å². The zero-order chi connectivity index (χ0) is 15.7. The maximum absolute atomic E-state index is 10.9. The molecule has 1 aliphatic carbocycles. The third-order valence-corrected chi connectivity index (χ3v) is 4.23. The molecule has 0 radical (unpaired) electrons. The number of likely N-dealkylation sites (N-methyl/N-ethyl adjacent to an activating group) is 1. The molecule has 3 rings (SSSR count). The number of nitrogens with zero attached hydrogens (tertiary/aromatic N) is 4. The van der Waals surface area contributed by atoms with Crippen LogP contribution in [0.25, 0.3) is 5.52 Å². The molecule has 0 saturated heterocycles. The monoisotopic (exact) mass is 303 g/mol. The number of hydrogen-bond acceptors (Lipinski definition) is 5. The number of aryl methyl sites for hydroxylation is 1. The summed E-state index contributed by atoms with van der Waals surface area (Å²) < 4.78 is 1.82. The van der Waals surface area contributed by atoms with Crippen LogP contribution in [0.4, 0.5) is 5.82 Å². The Balaban J connectivity index is 1.62.